The fourth-order valence-electron chi connectivity index (χ4n) is 2.33. The Morgan fingerprint density at radius 2 is 1.54 bits per heavy atom. The van der Waals surface area contributed by atoms with Crippen molar-refractivity contribution >= 4 is 29.5 Å². The number of nitrogens with one attached hydrogen (secondary N) is 2. The smallest absolute Gasteiger partial charge is 0.324 e. The molecule has 0 heterocycles. The second-order valence-corrected chi connectivity index (χ2v) is 7.51. The number of carbonyl (C=O) groups is 3. The van der Waals surface area contributed by atoms with Gasteiger partial charge in [-0.15, -0.1) is 11.8 Å². The molecule has 28 heavy (non-hydrogen) atoms. The number of carbonyl (C=O) groups excluding carboxylic acids is 3. The van der Waals surface area contributed by atoms with Gasteiger partial charge in [0.1, 0.15) is 5.25 Å². The first kappa shape index (κ1) is 21.5. The number of benzene rings is 2. The van der Waals surface area contributed by atoms with Crippen molar-refractivity contribution in [2.75, 3.05) is 13.2 Å². The zero-order valence-electron chi connectivity index (χ0n) is 15.9. The Labute approximate surface area is 169 Å². The van der Waals surface area contributed by atoms with Crippen LogP contribution in [0, 0.1) is 0 Å². The van der Waals surface area contributed by atoms with Crippen LogP contribution in [-0.2, 0) is 19.1 Å². The fraction of sp³-hybridized carbons (Fsp3) is 0.286. The number of thioether (sulfide) groups is 1. The van der Waals surface area contributed by atoms with E-state index in [0.717, 1.165) is 10.5 Å². The molecule has 6 nitrogen and oxygen atoms in total. The van der Waals surface area contributed by atoms with Crippen molar-refractivity contribution in [2.24, 2.45) is 0 Å². The Morgan fingerprint density at radius 1 is 0.929 bits per heavy atom. The second-order valence-electron chi connectivity index (χ2n) is 6.33. The summed E-state index contributed by atoms with van der Waals surface area (Å²) in [7, 11) is 0. The monoisotopic (exact) mass is 400 g/mol. The van der Waals surface area contributed by atoms with E-state index in [9.17, 15) is 14.4 Å². The quantitative estimate of drug-likeness (QED) is 0.499. The standard InChI is InChI=1S/C21H24N2O4S/c1-15(2)23-18(24)13-22-19(25)14-27-21(26)20(16-9-5-3-6-10-16)28-17-11-7-4-8-12-17/h3-12,15,20H,13-14H2,1-2H3,(H,22,25)(H,23,24)/t20-/m1/s1. The molecule has 2 aromatic carbocycles. The summed E-state index contributed by atoms with van der Waals surface area (Å²) >= 11 is 1.36. The molecule has 0 aromatic heterocycles. The van der Waals surface area contributed by atoms with Crippen LogP contribution in [0.1, 0.15) is 24.7 Å². The Hall–Kier alpha value is -2.80. The minimum Gasteiger partial charge on any atom is -0.454 e. The van der Waals surface area contributed by atoms with E-state index >= 15 is 0 Å². The van der Waals surface area contributed by atoms with Gasteiger partial charge in [-0.2, -0.15) is 0 Å². The van der Waals surface area contributed by atoms with Crippen LogP contribution in [0.2, 0.25) is 0 Å². The van der Waals surface area contributed by atoms with Gasteiger partial charge in [0.25, 0.3) is 5.91 Å². The van der Waals surface area contributed by atoms with Crippen molar-refractivity contribution in [3.8, 4) is 0 Å². The minimum atomic E-state index is -0.597. The van der Waals surface area contributed by atoms with Gasteiger partial charge in [0, 0.05) is 10.9 Å². The van der Waals surface area contributed by atoms with Gasteiger partial charge in [-0.05, 0) is 31.5 Å². The van der Waals surface area contributed by atoms with Crippen LogP contribution in [0.3, 0.4) is 0 Å². The van der Waals surface area contributed by atoms with Crippen LogP contribution in [0.15, 0.2) is 65.6 Å². The molecule has 0 fully saturated rings. The summed E-state index contributed by atoms with van der Waals surface area (Å²) in [5.41, 5.74) is 0.790. The van der Waals surface area contributed by atoms with Crippen LogP contribution in [0.25, 0.3) is 0 Å². The first-order chi connectivity index (χ1) is 13.5. The number of hydrogen-bond acceptors (Lipinski definition) is 5. The van der Waals surface area contributed by atoms with Crippen molar-refractivity contribution in [3.05, 3.63) is 66.2 Å². The molecule has 0 aliphatic rings. The zero-order chi connectivity index (χ0) is 20.4. The predicted octanol–water partition coefficient (Wildman–Crippen LogP) is 2.70. The van der Waals surface area contributed by atoms with Gasteiger partial charge >= 0.3 is 5.97 Å². The molecular weight excluding hydrogens is 376 g/mol. The maximum atomic E-state index is 12.6. The zero-order valence-corrected chi connectivity index (χ0v) is 16.7. The first-order valence-corrected chi connectivity index (χ1v) is 9.83. The van der Waals surface area contributed by atoms with Crippen LogP contribution in [0.4, 0.5) is 0 Å². The molecule has 148 valence electrons. The lowest BCUT2D eigenvalue weighted by Crippen LogP contribution is -2.41. The highest BCUT2D eigenvalue weighted by Gasteiger charge is 2.24. The van der Waals surface area contributed by atoms with Gasteiger partial charge in [-0.1, -0.05) is 48.5 Å². The van der Waals surface area contributed by atoms with E-state index in [1.165, 1.54) is 11.8 Å². The molecule has 0 spiro atoms. The fourth-order valence-corrected chi connectivity index (χ4v) is 3.37. The van der Waals surface area contributed by atoms with E-state index in [-0.39, 0.29) is 18.5 Å². The van der Waals surface area contributed by atoms with E-state index < -0.39 is 23.7 Å². The maximum absolute atomic E-state index is 12.6. The molecule has 0 bridgehead atoms. The Kier molecular flexibility index (Phi) is 8.55. The summed E-state index contributed by atoms with van der Waals surface area (Å²) in [5.74, 6) is -1.33. The van der Waals surface area contributed by atoms with Crippen LogP contribution >= 0.6 is 11.8 Å². The van der Waals surface area contributed by atoms with E-state index in [1.807, 2.05) is 74.5 Å². The van der Waals surface area contributed by atoms with E-state index in [4.69, 9.17) is 4.74 Å². The van der Waals surface area contributed by atoms with Gasteiger partial charge in [-0.25, -0.2) is 0 Å². The molecule has 2 amide bonds. The summed E-state index contributed by atoms with van der Waals surface area (Å²) in [6.07, 6.45) is 0. The molecule has 7 heteroatoms. The molecule has 0 unspecified atom stereocenters. The Morgan fingerprint density at radius 3 is 2.14 bits per heavy atom. The van der Waals surface area contributed by atoms with Gasteiger partial charge in [0.2, 0.25) is 5.91 Å². The lowest BCUT2D eigenvalue weighted by molar-refractivity contribution is -0.148. The van der Waals surface area contributed by atoms with Gasteiger partial charge < -0.3 is 15.4 Å². The number of esters is 1. The third kappa shape index (κ3) is 7.44. The maximum Gasteiger partial charge on any atom is 0.324 e. The lowest BCUT2D eigenvalue weighted by Gasteiger charge is -2.16. The summed E-state index contributed by atoms with van der Waals surface area (Å²) in [4.78, 5) is 37.0. The van der Waals surface area contributed by atoms with Crippen molar-refractivity contribution in [1.82, 2.24) is 10.6 Å². The molecule has 1 atom stereocenters. The van der Waals surface area contributed by atoms with Gasteiger partial charge in [0.15, 0.2) is 6.61 Å². The second kappa shape index (κ2) is 11.1. The molecule has 0 saturated carbocycles. The number of hydrogen-bond donors (Lipinski definition) is 2. The van der Waals surface area contributed by atoms with Crippen molar-refractivity contribution < 1.29 is 19.1 Å². The molecule has 2 rings (SSSR count). The van der Waals surface area contributed by atoms with E-state index in [1.54, 1.807) is 0 Å². The van der Waals surface area contributed by atoms with Gasteiger partial charge in [-0.3, -0.25) is 14.4 Å². The minimum absolute atomic E-state index is 0.0103. The molecule has 0 saturated heterocycles. The molecular formula is C21H24N2O4S. The third-order valence-corrected chi connectivity index (χ3v) is 4.80. The third-order valence-electron chi connectivity index (χ3n) is 3.55. The average Bonchev–Trinajstić information content (AvgIpc) is 2.69. The summed E-state index contributed by atoms with van der Waals surface area (Å²) < 4.78 is 5.20. The molecule has 2 aromatic rings. The van der Waals surface area contributed by atoms with Crippen molar-refractivity contribution in [2.45, 2.75) is 30.0 Å². The Balaban J connectivity index is 1.93. The van der Waals surface area contributed by atoms with Crippen LogP contribution in [0.5, 0.6) is 0 Å². The normalized spacial score (nSPS) is 11.5. The molecule has 0 aliphatic heterocycles. The van der Waals surface area contributed by atoms with Gasteiger partial charge in [0.05, 0.1) is 6.54 Å². The summed E-state index contributed by atoms with van der Waals surface area (Å²) in [5, 5.41) is 4.51. The number of amides is 2. The van der Waals surface area contributed by atoms with E-state index in [0.29, 0.717) is 0 Å². The van der Waals surface area contributed by atoms with Crippen molar-refractivity contribution in [3.63, 3.8) is 0 Å². The van der Waals surface area contributed by atoms with Crippen molar-refractivity contribution in [1.29, 1.82) is 0 Å². The highest BCUT2D eigenvalue weighted by atomic mass is 32.2. The SMILES string of the molecule is CC(C)NC(=O)CNC(=O)COC(=O)[C@H](Sc1ccccc1)c1ccccc1. The summed E-state index contributed by atoms with van der Waals surface area (Å²) in [6, 6.07) is 18.8. The topological polar surface area (TPSA) is 84.5 Å². The lowest BCUT2D eigenvalue weighted by atomic mass is 10.1. The van der Waals surface area contributed by atoms with Crippen LogP contribution < -0.4 is 10.6 Å². The number of ether oxygens (including phenoxy) is 1. The molecule has 0 aliphatic carbocycles. The van der Waals surface area contributed by atoms with Crippen LogP contribution in [-0.4, -0.2) is 37.0 Å². The highest BCUT2D eigenvalue weighted by molar-refractivity contribution is 8.00. The average molecular weight is 401 g/mol. The summed E-state index contributed by atoms with van der Waals surface area (Å²) in [6.45, 7) is 3.06. The largest absolute Gasteiger partial charge is 0.454 e. The molecule has 2 N–H and O–H groups in total. The Bertz CT molecular complexity index is 782. The van der Waals surface area contributed by atoms with E-state index in [2.05, 4.69) is 10.6 Å². The number of rotatable bonds is 9. The highest BCUT2D eigenvalue weighted by Crippen LogP contribution is 2.36. The predicted molar refractivity (Wildman–Crippen MR) is 109 cm³/mol. The first-order valence-electron chi connectivity index (χ1n) is 8.95. The molecule has 0 radical (unpaired) electrons.